The molecule has 0 aliphatic carbocycles. The summed E-state index contributed by atoms with van der Waals surface area (Å²) in [4.78, 5) is 19.6. The Morgan fingerprint density at radius 3 is 2.94 bits per heavy atom. The Morgan fingerprint density at radius 1 is 1.61 bits per heavy atom. The van der Waals surface area contributed by atoms with Gasteiger partial charge in [-0.15, -0.1) is 6.58 Å². The van der Waals surface area contributed by atoms with E-state index in [9.17, 15) is 4.79 Å². The van der Waals surface area contributed by atoms with Crippen molar-refractivity contribution in [3.8, 4) is 0 Å². The maximum Gasteiger partial charge on any atom is 0.333 e. The van der Waals surface area contributed by atoms with Crippen molar-refractivity contribution in [1.29, 1.82) is 0 Å². The third-order valence-corrected chi connectivity index (χ3v) is 2.56. The van der Waals surface area contributed by atoms with Crippen molar-refractivity contribution in [2.45, 2.75) is 13.3 Å². The predicted octanol–water partition coefficient (Wildman–Crippen LogP) is 1.53. The number of carbonyl (C=O) groups is 1. The van der Waals surface area contributed by atoms with Gasteiger partial charge in [-0.25, -0.2) is 20.2 Å². The Hall–Kier alpha value is -1.82. The molecule has 1 aromatic rings. The summed E-state index contributed by atoms with van der Waals surface area (Å²) in [6, 6.07) is -0.356. The smallest absolute Gasteiger partial charge is 0.333 e. The van der Waals surface area contributed by atoms with Gasteiger partial charge in [-0.1, -0.05) is 24.6 Å². The molecule has 2 amide bonds. The molecule has 0 spiro atoms. The normalized spacial score (nSPS) is 9.72. The average molecular weight is 270 g/mol. The lowest BCUT2D eigenvalue weighted by atomic mass is 10.3. The van der Waals surface area contributed by atoms with E-state index in [2.05, 4.69) is 27.3 Å². The zero-order valence-electron chi connectivity index (χ0n) is 10.4. The van der Waals surface area contributed by atoms with Gasteiger partial charge in [-0.3, -0.25) is 5.01 Å². The molecular weight excluding hydrogens is 254 g/mol. The highest BCUT2D eigenvalue weighted by atomic mass is 35.5. The van der Waals surface area contributed by atoms with Gasteiger partial charge in [0.25, 0.3) is 0 Å². The fraction of sp³-hybridized carbons (Fsp3) is 0.364. The molecule has 0 saturated carbocycles. The van der Waals surface area contributed by atoms with Gasteiger partial charge in [-0.05, 0) is 6.42 Å². The number of hydrogen-bond donors (Lipinski definition) is 2. The minimum absolute atomic E-state index is 0.356. The van der Waals surface area contributed by atoms with Crippen LogP contribution in [0.5, 0.6) is 0 Å². The molecule has 0 bridgehead atoms. The SMILES string of the molecule is C=CCNC(=O)NN(C)c1ncnc(CC)c1Cl. The highest BCUT2D eigenvalue weighted by molar-refractivity contribution is 6.33. The van der Waals surface area contributed by atoms with Gasteiger partial charge in [0, 0.05) is 13.6 Å². The predicted molar refractivity (Wildman–Crippen MR) is 71.6 cm³/mol. The number of carbonyl (C=O) groups excluding carboxylic acids is 1. The van der Waals surface area contributed by atoms with Crippen LogP contribution in [0.4, 0.5) is 10.6 Å². The first-order chi connectivity index (χ1) is 8.60. The van der Waals surface area contributed by atoms with Crippen molar-refractivity contribution < 1.29 is 4.79 Å². The molecule has 18 heavy (non-hydrogen) atoms. The zero-order chi connectivity index (χ0) is 13.5. The number of hydrogen-bond acceptors (Lipinski definition) is 4. The highest BCUT2D eigenvalue weighted by Gasteiger charge is 2.13. The molecule has 0 fully saturated rings. The summed E-state index contributed by atoms with van der Waals surface area (Å²) < 4.78 is 0. The lowest BCUT2D eigenvalue weighted by Crippen LogP contribution is -2.46. The maximum absolute atomic E-state index is 11.5. The number of amides is 2. The third-order valence-electron chi connectivity index (χ3n) is 2.17. The molecule has 0 radical (unpaired) electrons. The molecule has 0 aliphatic heterocycles. The summed E-state index contributed by atoms with van der Waals surface area (Å²) in [6.45, 7) is 5.84. The standard InChI is InChI=1S/C11H16ClN5O/c1-4-6-13-11(18)16-17(3)10-9(12)8(5-2)14-7-15-10/h4,7H,1,5-6H2,2-3H3,(H2,13,16,18). The van der Waals surface area contributed by atoms with Gasteiger partial charge in [0.1, 0.15) is 11.3 Å². The number of anilines is 1. The van der Waals surface area contributed by atoms with Crippen LogP contribution >= 0.6 is 11.6 Å². The van der Waals surface area contributed by atoms with Crippen molar-refractivity contribution in [3.63, 3.8) is 0 Å². The Kier molecular flexibility index (Phi) is 5.38. The first-order valence-electron chi connectivity index (χ1n) is 5.48. The van der Waals surface area contributed by atoms with E-state index in [0.717, 1.165) is 5.69 Å². The van der Waals surface area contributed by atoms with Crippen molar-refractivity contribution in [2.75, 3.05) is 18.6 Å². The number of aromatic nitrogens is 2. The molecule has 2 N–H and O–H groups in total. The lowest BCUT2D eigenvalue weighted by molar-refractivity contribution is 0.241. The molecule has 1 heterocycles. The first kappa shape index (κ1) is 14.2. The molecule has 0 aromatic carbocycles. The van der Waals surface area contributed by atoms with Crippen molar-refractivity contribution in [3.05, 3.63) is 29.7 Å². The molecule has 0 unspecified atom stereocenters. The second-order valence-corrected chi connectivity index (χ2v) is 3.86. The van der Waals surface area contributed by atoms with Crippen molar-refractivity contribution in [2.24, 2.45) is 0 Å². The van der Waals surface area contributed by atoms with Gasteiger partial charge < -0.3 is 5.32 Å². The number of urea groups is 1. The van der Waals surface area contributed by atoms with Crippen LogP contribution in [0.1, 0.15) is 12.6 Å². The van der Waals surface area contributed by atoms with Crippen LogP contribution in [0.2, 0.25) is 5.02 Å². The van der Waals surface area contributed by atoms with E-state index < -0.39 is 0 Å². The van der Waals surface area contributed by atoms with Crippen LogP contribution in [0.15, 0.2) is 19.0 Å². The van der Waals surface area contributed by atoms with Crippen LogP contribution in [0.3, 0.4) is 0 Å². The van der Waals surface area contributed by atoms with E-state index in [-0.39, 0.29) is 6.03 Å². The third kappa shape index (κ3) is 3.59. The maximum atomic E-state index is 11.5. The highest BCUT2D eigenvalue weighted by Crippen LogP contribution is 2.23. The number of hydrazine groups is 1. The van der Waals surface area contributed by atoms with E-state index in [1.54, 1.807) is 13.1 Å². The summed E-state index contributed by atoms with van der Waals surface area (Å²) in [5.41, 5.74) is 3.32. The average Bonchev–Trinajstić information content (AvgIpc) is 2.36. The summed E-state index contributed by atoms with van der Waals surface area (Å²) in [7, 11) is 1.65. The van der Waals surface area contributed by atoms with Gasteiger partial charge in [0.15, 0.2) is 5.82 Å². The molecule has 0 saturated heterocycles. The molecule has 6 nitrogen and oxygen atoms in total. The molecule has 1 rings (SSSR count). The molecule has 0 aliphatic rings. The number of nitrogens with zero attached hydrogens (tertiary/aromatic N) is 3. The lowest BCUT2D eigenvalue weighted by Gasteiger charge is -2.20. The first-order valence-corrected chi connectivity index (χ1v) is 5.86. The summed E-state index contributed by atoms with van der Waals surface area (Å²) in [6.07, 6.45) is 3.71. The summed E-state index contributed by atoms with van der Waals surface area (Å²) in [5.74, 6) is 0.456. The van der Waals surface area contributed by atoms with Crippen molar-refractivity contribution in [1.82, 2.24) is 20.7 Å². The topological polar surface area (TPSA) is 70.2 Å². The van der Waals surface area contributed by atoms with Gasteiger partial charge >= 0.3 is 6.03 Å². The van der Waals surface area contributed by atoms with Gasteiger partial charge in [0.05, 0.1) is 5.69 Å². The molecule has 98 valence electrons. The Morgan fingerprint density at radius 2 is 2.33 bits per heavy atom. The largest absolute Gasteiger partial charge is 0.333 e. The minimum Gasteiger partial charge on any atom is -0.333 e. The van der Waals surface area contributed by atoms with E-state index >= 15 is 0 Å². The Labute approximate surface area is 111 Å². The fourth-order valence-corrected chi connectivity index (χ4v) is 1.64. The summed E-state index contributed by atoms with van der Waals surface area (Å²) in [5, 5.41) is 4.47. The van der Waals surface area contributed by atoms with Crippen LogP contribution < -0.4 is 15.8 Å². The zero-order valence-corrected chi connectivity index (χ0v) is 11.2. The Balaban J connectivity index is 2.75. The quantitative estimate of drug-likeness (QED) is 0.628. The van der Waals surface area contributed by atoms with Crippen LogP contribution in [-0.2, 0) is 6.42 Å². The van der Waals surface area contributed by atoms with Crippen molar-refractivity contribution >= 4 is 23.4 Å². The fourth-order valence-electron chi connectivity index (χ4n) is 1.29. The molecule has 1 aromatic heterocycles. The second kappa shape index (κ2) is 6.80. The number of nitrogens with one attached hydrogen (secondary N) is 2. The molecule has 0 atom stereocenters. The van der Waals surface area contributed by atoms with Crippen LogP contribution in [0, 0.1) is 0 Å². The second-order valence-electron chi connectivity index (χ2n) is 3.48. The summed E-state index contributed by atoms with van der Waals surface area (Å²) >= 11 is 6.14. The van der Waals surface area contributed by atoms with Crippen LogP contribution in [0.25, 0.3) is 0 Å². The van der Waals surface area contributed by atoms with E-state index in [1.807, 2.05) is 6.92 Å². The van der Waals surface area contributed by atoms with E-state index in [1.165, 1.54) is 11.3 Å². The van der Waals surface area contributed by atoms with Gasteiger partial charge in [0.2, 0.25) is 0 Å². The Bertz CT molecular complexity index is 437. The number of aryl methyl sites for hydroxylation is 1. The van der Waals surface area contributed by atoms with Crippen LogP contribution in [-0.4, -0.2) is 29.6 Å². The monoisotopic (exact) mass is 269 g/mol. The van der Waals surface area contributed by atoms with E-state index in [0.29, 0.717) is 23.8 Å². The minimum atomic E-state index is -0.356. The van der Waals surface area contributed by atoms with Gasteiger partial charge in [-0.2, -0.15) is 0 Å². The number of rotatable bonds is 5. The molecule has 7 heteroatoms. The molecular formula is C11H16ClN5O. The number of halogens is 1. The van der Waals surface area contributed by atoms with E-state index in [4.69, 9.17) is 11.6 Å².